The molecule has 0 unspecified atom stereocenters. The molecule has 0 aliphatic carbocycles. The van der Waals surface area contributed by atoms with Gasteiger partial charge in [0.15, 0.2) is 0 Å². The molecule has 1 spiro atoms. The van der Waals surface area contributed by atoms with Gasteiger partial charge in [-0.05, 0) is 73.8 Å². The number of piperidine rings is 1. The van der Waals surface area contributed by atoms with E-state index in [1.807, 2.05) is 32.0 Å². The van der Waals surface area contributed by atoms with Crippen LogP contribution in [0.15, 0.2) is 48.5 Å². The van der Waals surface area contributed by atoms with Crippen LogP contribution >= 0.6 is 12.4 Å². The molecule has 2 saturated heterocycles. The van der Waals surface area contributed by atoms with Gasteiger partial charge in [0, 0.05) is 11.5 Å². The maximum atomic E-state index is 13.4. The van der Waals surface area contributed by atoms with E-state index < -0.39 is 17.6 Å². The normalized spacial score (nSPS) is 24.2. The molecule has 36 heavy (non-hydrogen) atoms. The quantitative estimate of drug-likeness (QED) is 0.492. The minimum atomic E-state index is -4.67. The summed E-state index contributed by atoms with van der Waals surface area (Å²) in [5.74, 6) is -0.586. The zero-order valence-corrected chi connectivity index (χ0v) is 20.9. The van der Waals surface area contributed by atoms with Gasteiger partial charge in [-0.15, -0.1) is 17.5 Å². The summed E-state index contributed by atoms with van der Waals surface area (Å²) in [7, 11) is 0. The van der Waals surface area contributed by atoms with Crippen LogP contribution in [0.3, 0.4) is 0 Å². The molecule has 1 N–H and O–H groups in total. The molecule has 11 heteroatoms. The van der Waals surface area contributed by atoms with Crippen LogP contribution in [-0.2, 0) is 10.9 Å². The third kappa shape index (κ3) is 5.07. The fourth-order valence-corrected chi connectivity index (χ4v) is 5.29. The van der Waals surface area contributed by atoms with Crippen molar-refractivity contribution in [2.75, 3.05) is 13.2 Å². The first-order valence-corrected chi connectivity index (χ1v) is 11.9. The third-order valence-corrected chi connectivity index (χ3v) is 6.71. The number of tetrazole rings is 1. The predicted molar refractivity (Wildman–Crippen MR) is 130 cm³/mol. The van der Waals surface area contributed by atoms with Crippen molar-refractivity contribution in [3.8, 4) is 11.4 Å². The highest BCUT2D eigenvalue weighted by Crippen LogP contribution is 2.50. The lowest BCUT2D eigenvalue weighted by Crippen LogP contribution is -2.48. The smallest absolute Gasteiger partial charge is 0.453 e. The molecule has 7 nitrogen and oxygen atoms in total. The second-order valence-electron chi connectivity index (χ2n) is 9.48. The average molecular weight is 524 g/mol. The van der Waals surface area contributed by atoms with Gasteiger partial charge in [0.05, 0.1) is 30.0 Å². The number of hydrogen-bond acceptors (Lipinski definition) is 6. The summed E-state index contributed by atoms with van der Waals surface area (Å²) in [5.41, 5.74) is 1.80. The predicted octanol–water partition coefficient (Wildman–Crippen LogP) is 5.26. The number of hydrogen-bond donors (Lipinski definition) is 1. The van der Waals surface area contributed by atoms with Gasteiger partial charge >= 0.3 is 6.18 Å². The number of nitrogens with zero attached hydrogens (tertiary/aromatic N) is 4. The van der Waals surface area contributed by atoms with E-state index in [0.717, 1.165) is 36.1 Å². The van der Waals surface area contributed by atoms with Crippen LogP contribution in [0.25, 0.3) is 5.69 Å². The fraction of sp³-hybridized carbons (Fsp3) is 0.480. The van der Waals surface area contributed by atoms with Crippen LogP contribution in [0.4, 0.5) is 13.2 Å². The summed E-state index contributed by atoms with van der Waals surface area (Å²) in [6, 6.07) is 15.2. The Labute approximate surface area is 213 Å². The van der Waals surface area contributed by atoms with E-state index in [1.165, 1.54) is 5.56 Å². The highest BCUT2D eigenvalue weighted by molar-refractivity contribution is 5.85. The van der Waals surface area contributed by atoms with Crippen molar-refractivity contribution < 1.29 is 22.6 Å². The van der Waals surface area contributed by atoms with Crippen molar-refractivity contribution in [3.05, 3.63) is 65.5 Å². The van der Waals surface area contributed by atoms with E-state index in [-0.39, 0.29) is 36.2 Å². The monoisotopic (exact) mass is 523 g/mol. The van der Waals surface area contributed by atoms with Crippen molar-refractivity contribution in [2.24, 2.45) is 0 Å². The number of rotatable bonds is 5. The van der Waals surface area contributed by atoms with Crippen LogP contribution < -0.4 is 10.1 Å². The molecule has 194 valence electrons. The molecule has 3 heterocycles. The zero-order valence-electron chi connectivity index (χ0n) is 20.0. The molecule has 0 radical (unpaired) electrons. The van der Waals surface area contributed by atoms with Crippen molar-refractivity contribution in [1.82, 2.24) is 25.5 Å². The highest BCUT2D eigenvalue weighted by Gasteiger charge is 2.49. The average Bonchev–Trinajstić information content (AvgIpc) is 3.48. The Kier molecular flexibility index (Phi) is 7.59. The number of aromatic nitrogens is 4. The molecule has 0 amide bonds. The molecule has 0 bridgehead atoms. The SMILES string of the molecule is CC(C)Oc1ccc(-n2nnnc2C(F)(F)F)cc1[C@H]1CO[C@]2(CCCN[C@H]2c2ccccc2)C1.Cl. The number of benzene rings is 2. The standard InChI is InChI=1S/C25H28F3N5O2.ClH/c1-16(2)35-21-10-9-19(33-23(25(26,27)28)30-31-32-33)13-20(21)18-14-24(34-15-18)11-6-12-29-22(24)17-7-4-3-5-8-17;/h3-5,7-10,13,16,18,22,29H,6,11-12,14-15H2,1-2H3;1H/t18-,22+,24-;/m1./s1. The van der Waals surface area contributed by atoms with Gasteiger partial charge in [-0.1, -0.05) is 30.3 Å². The minimum Gasteiger partial charge on any atom is -0.491 e. The van der Waals surface area contributed by atoms with Gasteiger partial charge in [0.25, 0.3) is 5.82 Å². The largest absolute Gasteiger partial charge is 0.491 e. The van der Waals surface area contributed by atoms with Crippen LogP contribution in [-0.4, -0.2) is 45.1 Å². The molecule has 1 aromatic heterocycles. The first-order valence-electron chi connectivity index (χ1n) is 11.9. The Hall–Kier alpha value is -2.69. The van der Waals surface area contributed by atoms with Crippen LogP contribution in [0.5, 0.6) is 5.75 Å². The molecular weight excluding hydrogens is 495 g/mol. The molecule has 2 aliphatic heterocycles. The Morgan fingerprint density at radius 3 is 2.67 bits per heavy atom. The maximum absolute atomic E-state index is 13.4. The Morgan fingerprint density at radius 1 is 1.17 bits per heavy atom. The van der Waals surface area contributed by atoms with E-state index in [9.17, 15) is 13.2 Å². The van der Waals surface area contributed by atoms with Gasteiger partial charge in [-0.25, -0.2) is 0 Å². The van der Waals surface area contributed by atoms with Crippen molar-refractivity contribution in [3.63, 3.8) is 0 Å². The fourth-order valence-electron chi connectivity index (χ4n) is 5.29. The van der Waals surface area contributed by atoms with Gasteiger partial charge < -0.3 is 14.8 Å². The number of alkyl halides is 3. The molecule has 3 aromatic rings. The Morgan fingerprint density at radius 2 is 1.94 bits per heavy atom. The van der Waals surface area contributed by atoms with Crippen LogP contribution in [0.1, 0.15) is 62.0 Å². The van der Waals surface area contributed by atoms with E-state index in [1.54, 1.807) is 18.2 Å². The van der Waals surface area contributed by atoms with Gasteiger partial charge in [-0.2, -0.15) is 17.9 Å². The summed E-state index contributed by atoms with van der Waals surface area (Å²) < 4.78 is 53.7. The first kappa shape index (κ1) is 26.4. The first-order chi connectivity index (χ1) is 16.8. The summed E-state index contributed by atoms with van der Waals surface area (Å²) in [6.45, 7) is 5.20. The molecule has 2 fully saturated rings. The van der Waals surface area contributed by atoms with Crippen molar-refractivity contribution >= 4 is 12.4 Å². The summed E-state index contributed by atoms with van der Waals surface area (Å²) in [6.07, 6.45) is -2.15. The lowest BCUT2D eigenvalue weighted by atomic mass is 9.77. The number of halogens is 4. The number of ether oxygens (including phenoxy) is 2. The molecule has 2 aromatic carbocycles. The van der Waals surface area contributed by atoms with Crippen LogP contribution in [0, 0.1) is 0 Å². The molecule has 3 atom stereocenters. The minimum absolute atomic E-state index is 0. The molecule has 2 aliphatic rings. The van der Waals surface area contributed by atoms with Crippen molar-refractivity contribution in [2.45, 2.75) is 63.0 Å². The van der Waals surface area contributed by atoms with E-state index in [2.05, 4.69) is 33.0 Å². The third-order valence-electron chi connectivity index (χ3n) is 6.71. The summed E-state index contributed by atoms with van der Waals surface area (Å²) in [4.78, 5) is 0. The van der Waals surface area contributed by atoms with E-state index in [4.69, 9.17) is 9.47 Å². The van der Waals surface area contributed by atoms with Crippen molar-refractivity contribution in [1.29, 1.82) is 0 Å². The van der Waals surface area contributed by atoms with E-state index in [0.29, 0.717) is 12.4 Å². The molecular formula is C25H29ClF3N5O2. The van der Waals surface area contributed by atoms with Gasteiger partial charge in [0.2, 0.25) is 0 Å². The Bertz CT molecular complexity index is 1170. The Balaban J connectivity index is 0.00000304. The molecule has 5 rings (SSSR count). The van der Waals surface area contributed by atoms with Crippen LogP contribution in [0.2, 0.25) is 0 Å². The lowest BCUT2D eigenvalue weighted by Gasteiger charge is -2.41. The highest BCUT2D eigenvalue weighted by atomic mass is 35.5. The van der Waals surface area contributed by atoms with Gasteiger partial charge in [-0.3, -0.25) is 0 Å². The number of nitrogens with one attached hydrogen (secondary N) is 1. The summed E-state index contributed by atoms with van der Waals surface area (Å²) >= 11 is 0. The second-order valence-corrected chi connectivity index (χ2v) is 9.48. The molecule has 0 saturated carbocycles. The van der Waals surface area contributed by atoms with E-state index >= 15 is 0 Å². The lowest BCUT2D eigenvalue weighted by molar-refractivity contribution is -0.146. The van der Waals surface area contributed by atoms with Gasteiger partial charge in [0.1, 0.15) is 5.75 Å². The zero-order chi connectivity index (χ0) is 24.6. The maximum Gasteiger partial charge on any atom is 0.453 e. The topological polar surface area (TPSA) is 74.1 Å². The summed E-state index contributed by atoms with van der Waals surface area (Å²) in [5, 5.41) is 13.7. The second kappa shape index (κ2) is 10.4.